The lowest BCUT2D eigenvalue weighted by Gasteiger charge is -2.13. The molecule has 0 aliphatic rings. The molecule has 0 unspecified atom stereocenters. The molecule has 23 heavy (non-hydrogen) atoms. The van der Waals surface area contributed by atoms with Crippen LogP contribution in [0.5, 0.6) is 5.75 Å². The fraction of sp³-hybridized carbons (Fsp3) is 0.118. The molecule has 3 rings (SSSR count). The highest BCUT2D eigenvalue weighted by atomic mass is 79.9. The van der Waals surface area contributed by atoms with E-state index in [-0.39, 0.29) is 5.69 Å². The predicted octanol–water partition coefficient (Wildman–Crippen LogP) is 4.81. The minimum atomic E-state index is -0.980. The van der Waals surface area contributed by atoms with Gasteiger partial charge in [0.15, 0.2) is 0 Å². The Morgan fingerprint density at radius 2 is 2.04 bits per heavy atom. The van der Waals surface area contributed by atoms with Crippen LogP contribution in [0.2, 0.25) is 5.02 Å². The van der Waals surface area contributed by atoms with Crippen molar-refractivity contribution in [3.05, 3.63) is 63.2 Å². The first-order valence-corrected chi connectivity index (χ1v) is 8.01. The van der Waals surface area contributed by atoms with Crippen LogP contribution in [0.25, 0.3) is 10.9 Å². The van der Waals surface area contributed by atoms with Crippen molar-refractivity contribution >= 4 is 44.4 Å². The smallest absolute Gasteiger partial charge is 0.352 e. The van der Waals surface area contributed by atoms with E-state index >= 15 is 0 Å². The molecule has 2 aromatic carbocycles. The van der Waals surface area contributed by atoms with Crippen molar-refractivity contribution in [1.29, 1.82) is 0 Å². The number of halogens is 2. The number of rotatable bonds is 4. The van der Waals surface area contributed by atoms with Crippen LogP contribution in [0.15, 0.2) is 46.9 Å². The lowest BCUT2D eigenvalue weighted by Crippen LogP contribution is -2.10. The number of carbonyl (C=O) groups is 1. The number of methoxy groups -OCH3 is 1. The first-order valence-electron chi connectivity index (χ1n) is 6.84. The van der Waals surface area contributed by atoms with Crippen molar-refractivity contribution < 1.29 is 14.6 Å². The van der Waals surface area contributed by atoms with Crippen molar-refractivity contribution in [3.8, 4) is 5.75 Å². The van der Waals surface area contributed by atoms with Gasteiger partial charge in [0.2, 0.25) is 0 Å². The number of hydrogen-bond donors (Lipinski definition) is 1. The van der Waals surface area contributed by atoms with E-state index in [0.29, 0.717) is 17.3 Å². The highest BCUT2D eigenvalue weighted by Gasteiger charge is 2.16. The minimum Gasteiger partial charge on any atom is -0.496 e. The summed E-state index contributed by atoms with van der Waals surface area (Å²) in [4.78, 5) is 11.6. The van der Waals surface area contributed by atoms with Gasteiger partial charge in [0.1, 0.15) is 11.4 Å². The summed E-state index contributed by atoms with van der Waals surface area (Å²) in [5, 5.41) is 10.9. The second kappa shape index (κ2) is 6.26. The number of aromatic carboxylic acids is 1. The van der Waals surface area contributed by atoms with E-state index in [4.69, 9.17) is 16.3 Å². The van der Waals surface area contributed by atoms with Gasteiger partial charge in [-0.15, -0.1) is 0 Å². The van der Waals surface area contributed by atoms with Gasteiger partial charge in [-0.1, -0.05) is 27.5 Å². The molecule has 0 saturated carbocycles. The van der Waals surface area contributed by atoms with Gasteiger partial charge in [0.25, 0.3) is 0 Å². The summed E-state index contributed by atoms with van der Waals surface area (Å²) in [6.45, 7) is 0.384. The second-order valence-corrected chi connectivity index (χ2v) is 6.43. The summed E-state index contributed by atoms with van der Waals surface area (Å²) in [6, 6.07) is 12.6. The fourth-order valence-corrected chi connectivity index (χ4v) is 3.22. The maximum absolute atomic E-state index is 11.6. The topological polar surface area (TPSA) is 51.5 Å². The van der Waals surface area contributed by atoms with E-state index in [1.807, 2.05) is 24.3 Å². The number of benzene rings is 2. The van der Waals surface area contributed by atoms with Crippen LogP contribution in [0.1, 0.15) is 16.1 Å². The van der Waals surface area contributed by atoms with Crippen LogP contribution in [-0.4, -0.2) is 22.8 Å². The largest absolute Gasteiger partial charge is 0.496 e. The Labute approximate surface area is 146 Å². The zero-order chi connectivity index (χ0) is 16.6. The molecule has 4 nitrogen and oxygen atoms in total. The molecule has 0 saturated heterocycles. The van der Waals surface area contributed by atoms with Crippen LogP contribution >= 0.6 is 27.5 Å². The monoisotopic (exact) mass is 393 g/mol. The molecule has 0 aliphatic heterocycles. The molecule has 0 bridgehead atoms. The predicted molar refractivity (Wildman–Crippen MR) is 93.7 cm³/mol. The molecule has 1 heterocycles. The van der Waals surface area contributed by atoms with E-state index in [2.05, 4.69) is 15.9 Å². The van der Waals surface area contributed by atoms with Crippen molar-refractivity contribution in [2.45, 2.75) is 6.54 Å². The summed E-state index contributed by atoms with van der Waals surface area (Å²) >= 11 is 9.44. The van der Waals surface area contributed by atoms with Crippen LogP contribution in [-0.2, 0) is 6.54 Å². The number of ether oxygens (including phenoxy) is 1. The zero-order valence-corrected chi connectivity index (χ0v) is 14.6. The molecule has 118 valence electrons. The molecule has 0 aliphatic carbocycles. The Balaban J connectivity index is 2.17. The standard InChI is InChI=1S/C17H13BrClNO3/c1-23-16-5-2-12(18)6-11(16)9-20-14-4-3-13(19)7-10(14)8-15(20)17(21)22/h2-8H,9H2,1H3,(H,21,22). The van der Waals surface area contributed by atoms with Crippen LogP contribution in [0.4, 0.5) is 0 Å². The van der Waals surface area contributed by atoms with Gasteiger partial charge in [-0.3, -0.25) is 0 Å². The highest BCUT2D eigenvalue weighted by Crippen LogP contribution is 2.28. The van der Waals surface area contributed by atoms with Crippen molar-refractivity contribution in [1.82, 2.24) is 4.57 Å². The highest BCUT2D eigenvalue weighted by molar-refractivity contribution is 9.10. The summed E-state index contributed by atoms with van der Waals surface area (Å²) < 4.78 is 8.03. The molecule has 0 spiro atoms. The number of carboxylic acids is 1. The van der Waals surface area contributed by atoms with Crippen LogP contribution < -0.4 is 4.74 Å². The van der Waals surface area contributed by atoms with E-state index in [9.17, 15) is 9.90 Å². The molecular weight excluding hydrogens is 382 g/mol. The Kier molecular flexibility index (Phi) is 4.33. The molecule has 0 amide bonds. The molecule has 0 fully saturated rings. The molecule has 1 aromatic heterocycles. The average molecular weight is 395 g/mol. The molecule has 1 N–H and O–H groups in total. The zero-order valence-electron chi connectivity index (χ0n) is 12.2. The first-order chi connectivity index (χ1) is 11.0. The maximum atomic E-state index is 11.6. The Bertz CT molecular complexity index is 904. The van der Waals surface area contributed by atoms with Crippen LogP contribution in [0.3, 0.4) is 0 Å². The second-order valence-electron chi connectivity index (χ2n) is 5.08. The first kappa shape index (κ1) is 15.9. The van der Waals surface area contributed by atoms with Gasteiger partial charge in [-0.25, -0.2) is 4.79 Å². The Morgan fingerprint density at radius 1 is 1.26 bits per heavy atom. The number of carboxylic acid groups (broad SMARTS) is 1. The molecule has 0 radical (unpaired) electrons. The third kappa shape index (κ3) is 3.07. The minimum absolute atomic E-state index is 0.212. The maximum Gasteiger partial charge on any atom is 0.352 e. The van der Waals surface area contributed by atoms with E-state index in [1.54, 1.807) is 29.9 Å². The lowest BCUT2D eigenvalue weighted by atomic mass is 10.2. The van der Waals surface area contributed by atoms with Gasteiger partial charge in [-0.2, -0.15) is 0 Å². The van der Waals surface area contributed by atoms with E-state index < -0.39 is 5.97 Å². The fourth-order valence-electron chi connectivity index (χ4n) is 2.63. The summed E-state index contributed by atoms with van der Waals surface area (Å²) in [7, 11) is 1.60. The molecular formula is C17H13BrClNO3. The third-order valence-electron chi connectivity index (χ3n) is 3.65. The lowest BCUT2D eigenvalue weighted by molar-refractivity contribution is 0.0686. The van der Waals surface area contributed by atoms with Gasteiger partial charge in [0, 0.05) is 26.0 Å². The van der Waals surface area contributed by atoms with Gasteiger partial charge < -0.3 is 14.4 Å². The number of hydrogen-bond acceptors (Lipinski definition) is 2. The molecule has 0 atom stereocenters. The van der Waals surface area contributed by atoms with E-state index in [1.165, 1.54) is 0 Å². The van der Waals surface area contributed by atoms with Crippen molar-refractivity contribution in [2.24, 2.45) is 0 Å². The Morgan fingerprint density at radius 3 is 2.74 bits per heavy atom. The van der Waals surface area contributed by atoms with Gasteiger partial charge in [-0.05, 0) is 42.5 Å². The van der Waals surface area contributed by atoms with Crippen molar-refractivity contribution in [2.75, 3.05) is 7.11 Å². The van der Waals surface area contributed by atoms with Crippen LogP contribution in [0, 0.1) is 0 Å². The molecule has 3 aromatic rings. The summed E-state index contributed by atoms with van der Waals surface area (Å²) in [5.74, 6) is -0.272. The number of aromatic nitrogens is 1. The van der Waals surface area contributed by atoms with E-state index in [0.717, 1.165) is 20.9 Å². The quantitative estimate of drug-likeness (QED) is 0.691. The van der Waals surface area contributed by atoms with Gasteiger partial charge in [0.05, 0.1) is 13.7 Å². The average Bonchev–Trinajstić information content (AvgIpc) is 2.85. The third-order valence-corrected chi connectivity index (χ3v) is 4.38. The number of nitrogens with zero attached hydrogens (tertiary/aromatic N) is 1. The molecule has 6 heteroatoms. The SMILES string of the molecule is COc1ccc(Br)cc1Cn1c(C(=O)O)cc2cc(Cl)ccc21. The normalized spacial score (nSPS) is 10.9. The van der Waals surface area contributed by atoms with Crippen molar-refractivity contribution in [3.63, 3.8) is 0 Å². The van der Waals surface area contributed by atoms with Gasteiger partial charge >= 0.3 is 5.97 Å². The number of fused-ring (bicyclic) bond motifs is 1. The Hall–Kier alpha value is -1.98. The summed E-state index contributed by atoms with van der Waals surface area (Å²) in [5.41, 5.74) is 1.91. The summed E-state index contributed by atoms with van der Waals surface area (Å²) in [6.07, 6.45) is 0.